The first-order valence-electron chi connectivity index (χ1n) is 4.60. The lowest BCUT2D eigenvalue weighted by molar-refractivity contribution is -0.121. The van der Waals surface area contributed by atoms with Crippen LogP contribution in [-0.4, -0.2) is 18.5 Å². The predicted octanol–water partition coefficient (Wildman–Crippen LogP) is 0.534. The molecule has 0 heterocycles. The summed E-state index contributed by atoms with van der Waals surface area (Å²) in [5, 5.41) is 10.9. The van der Waals surface area contributed by atoms with Crippen LogP contribution < -0.4 is 11.1 Å². The Morgan fingerprint density at radius 1 is 1.69 bits per heavy atom. The smallest absolute Gasteiger partial charge is 0.221 e. The molecular formula is C9H17N3O. The van der Waals surface area contributed by atoms with Crippen molar-refractivity contribution in [3.63, 3.8) is 0 Å². The highest BCUT2D eigenvalue weighted by Crippen LogP contribution is 1.93. The minimum Gasteiger partial charge on any atom is -0.356 e. The van der Waals surface area contributed by atoms with Gasteiger partial charge < -0.3 is 11.1 Å². The minimum absolute atomic E-state index is 0.0210. The van der Waals surface area contributed by atoms with E-state index >= 15 is 0 Å². The van der Waals surface area contributed by atoms with Gasteiger partial charge in [0.1, 0.15) is 0 Å². The van der Waals surface area contributed by atoms with Gasteiger partial charge in [0.2, 0.25) is 5.91 Å². The highest BCUT2D eigenvalue weighted by Gasteiger charge is 2.05. The molecule has 0 bridgehead atoms. The zero-order chi connectivity index (χ0) is 10.1. The Kier molecular flexibility index (Phi) is 6.93. The number of nitrogens with two attached hydrogens (primary N) is 1. The molecule has 4 heteroatoms. The molecule has 0 spiro atoms. The van der Waals surface area contributed by atoms with Crippen LogP contribution in [0.25, 0.3) is 0 Å². The molecule has 13 heavy (non-hydrogen) atoms. The van der Waals surface area contributed by atoms with E-state index < -0.39 is 0 Å². The lowest BCUT2D eigenvalue weighted by Crippen LogP contribution is -2.31. The quantitative estimate of drug-likeness (QED) is 0.590. The molecule has 0 aromatic carbocycles. The fraction of sp³-hybridized carbons (Fsp3) is 0.778. The van der Waals surface area contributed by atoms with Gasteiger partial charge in [-0.2, -0.15) is 5.26 Å². The molecule has 0 rings (SSSR count). The van der Waals surface area contributed by atoms with Crippen molar-refractivity contribution < 1.29 is 4.79 Å². The maximum atomic E-state index is 11.1. The van der Waals surface area contributed by atoms with Crippen LogP contribution in [0, 0.1) is 11.3 Å². The van der Waals surface area contributed by atoms with Gasteiger partial charge in [0.05, 0.1) is 6.07 Å². The molecule has 0 saturated heterocycles. The summed E-state index contributed by atoms with van der Waals surface area (Å²) in [7, 11) is 0. The molecule has 0 aromatic rings. The maximum absolute atomic E-state index is 11.1. The first-order valence-corrected chi connectivity index (χ1v) is 4.60. The van der Waals surface area contributed by atoms with E-state index in [-0.39, 0.29) is 11.9 Å². The number of nitrogens with one attached hydrogen (secondary N) is 1. The van der Waals surface area contributed by atoms with Gasteiger partial charge in [-0.1, -0.05) is 6.92 Å². The third kappa shape index (κ3) is 7.29. The summed E-state index contributed by atoms with van der Waals surface area (Å²) in [5.74, 6) is -0.0210. The molecule has 0 aliphatic heterocycles. The van der Waals surface area contributed by atoms with Crippen molar-refractivity contribution >= 4 is 5.91 Å². The van der Waals surface area contributed by atoms with Crippen molar-refractivity contribution in [2.75, 3.05) is 6.54 Å². The van der Waals surface area contributed by atoms with Gasteiger partial charge in [-0.25, -0.2) is 0 Å². The Hall–Kier alpha value is -1.08. The molecule has 0 radical (unpaired) electrons. The molecule has 0 aliphatic rings. The predicted molar refractivity (Wildman–Crippen MR) is 50.7 cm³/mol. The maximum Gasteiger partial charge on any atom is 0.221 e. The Labute approximate surface area is 79.1 Å². The Balaban J connectivity index is 3.36. The van der Waals surface area contributed by atoms with Gasteiger partial charge in [-0.15, -0.1) is 0 Å². The van der Waals surface area contributed by atoms with E-state index in [0.29, 0.717) is 25.8 Å². The van der Waals surface area contributed by atoms with Crippen LogP contribution in [0.2, 0.25) is 0 Å². The number of hydrogen-bond donors (Lipinski definition) is 2. The van der Waals surface area contributed by atoms with Gasteiger partial charge in [-0.05, 0) is 12.8 Å². The van der Waals surface area contributed by atoms with Crippen LogP contribution in [0.3, 0.4) is 0 Å². The van der Waals surface area contributed by atoms with E-state index in [1.165, 1.54) is 0 Å². The standard InChI is InChI=1S/C9H17N3O/c1-2-8(11)7-9(13)12-6-4-3-5-10/h8H,2-4,6-7,11H2,1H3,(H,12,13). The van der Waals surface area contributed by atoms with Gasteiger partial charge >= 0.3 is 0 Å². The molecular weight excluding hydrogens is 166 g/mol. The van der Waals surface area contributed by atoms with Crippen LogP contribution in [-0.2, 0) is 4.79 Å². The van der Waals surface area contributed by atoms with Crippen molar-refractivity contribution in [3.8, 4) is 6.07 Å². The van der Waals surface area contributed by atoms with Crippen molar-refractivity contribution in [3.05, 3.63) is 0 Å². The van der Waals surface area contributed by atoms with E-state index in [0.717, 1.165) is 6.42 Å². The van der Waals surface area contributed by atoms with Crippen molar-refractivity contribution in [2.45, 2.75) is 38.6 Å². The van der Waals surface area contributed by atoms with Crippen LogP contribution in [0.1, 0.15) is 32.6 Å². The summed E-state index contributed by atoms with van der Waals surface area (Å²) in [4.78, 5) is 11.1. The Bertz CT molecular complexity index is 186. The average Bonchev–Trinajstić information content (AvgIpc) is 2.12. The summed E-state index contributed by atoms with van der Waals surface area (Å²) in [6.45, 7) is 2.52. The molecule has 3 N–H and O–H groups in total. The second-order valence-corrected chi connectivity index (χ2v) is 2.98. The number of rotatable bonds is 6. The Morgan fingerprint density at radius 3 is 2.92 bits per heavy atom. The van der Waals surface area contributed by atoms with E-state index in [1.54, 1.807) is 0 Å². The fourth-order valence-electron chi connectivity index (χ4n) is 0.850. The number of nitrogens with zero attached hydrogens (tertiary/aromatic N) is 1. The summed E-state index contributed by atoms with van der Waals surface area (Å²) < 4.78 is 0. The zero-order valence-corrected chi connectivity index (χ0v) is 8.05. The summed E-state index contributed by atoms with van der Waals surface area (Å²) in [6, 6.07) is 1.97. The second kappa shape index (κ2) is 7.56. The second-order valence-electron chi connectivity index (χ2n) is 2.98. The molecule has 0 fully saturated rings. The minimum atomic E-state index is -0.0454. The van der Waals surface area contributed by atoms with Crippen molar-refractivity contribution in [1.29, 1.82) is 5.26 Å². The molecule has 74 valence electrons. The van der Waals surface area contributed by atoms with Crippen molar-refractivity contribution in [2.24, 2.45) is 5.73 Å². The monoisotopic (exact) mass is 183 g/mol. The van der Waals surface area contributed by atoms with Crippen LogP contribution >= 0.6 is 0 Å². The topological polar surface area (TPSA) is 78.9 Å². The van der Waals surface area contributed by atoms with E-state index in [1.807, 2.05) is 13.0 Å². The largest absolute Gasteiger partial charge is 0.356 e. The third-order valence-corrected chi connectivity index (χ3v) is 1.76. The summed E-state index contributed by atoms with van der Waals surface area (Å²) >= 11 is 0. The highest BCUT2D eigenvalue weighted by molar-refractivity contribution is 5.76. The molecule has 4 nitrogen and oxygen atoms in total. The van der Waals surface area contributed by atoms with Crippen LogP contribution in [0.15, 0.2) is 0 Å². The summed E-state index contributed by atoms with van der Waals surface area (Å²) in [5.41, 5.74) is 5.59. The number of carbonyl (C=O) groups is 1. The molecule has 0 aliphatic carbocycles. The zero-order valence-electron chi connectivity index (χ0n) is 8.05. The molecule has 1 atom stereocenters. The lowest BCUT2D eigenvalue weighted by Gasteiger charge is -2.08. The van der Waals surface area contributed by atoms with Crippen LogP contribution in [0.4, 0.5) is 0 Å². The third-order valence-electron chi connectivity index (χ3n) is 1.76. The van der Waals surface area contributed by atoms with Gasteiger partial charge in [0, 0.05) is 25.4 Å². The molecule has 0 aromatic heterocycles. The van der Waals surface area contributed by atoms with Gasteiger partial charge in [0.25, 0.3) is 0 Å². The van der Waals surface area contributed by atoms with Gasteiger partial charge in [-0.3, -0.25) is 4.79 Å². The van der Waals surface area contributed by atoms with Gasteiger partial charge in [0.15, 0.2) is 0 Å². The average molecular weight is 183 g/mol. The number of carbonyl (C=O) groups excluding carboxylic acids is 1. The fourth-order valence-corrected chi connectivity index (χ4v) is 0.850. The SMILES string of the molecule is CCC(N)CC(=O)NCCCC#N. The first kappa shape index (κ1) is 11.9. The highest BCUT2D eigenvalue weighted by atomic mass is 16.1. The molecule has 1 amide bonds. The van der Waals surface area contributed by atoms with E-state index in [2.05, 4.69) is 5.32 Å². The number of unbranched alkanes of at least 4 members (excludes halogenated alkanes) is 1. The lowest BCUT2D eigenvalue weighted by atomic mass is 10.1. The first-order chi connectivity index (χ1) is 6.20. The summed E-state index contributed by atoms with van der Waals surface area (Å²) in [6.07, 6.45) is 2.39. The van der Waals surface area contributed by atoms with Crippen molar-refractivity contribution in [1.82, 2.24) is 5.32 Å². The number of hydrogen-bond acceptors (Lipinski definition) is 3. The molecule has 1 unspecified atom stereocenters. The number of amides is 1. The van der Waals surface area contributed by atoms with Crippen LogP contribution in [0.5, 0.6) is 0 Å². The van der Waals surface area contributed by atoms with E-state index in [4.69, 9.17) is 11.0 Å². The van der Waals surface area contributed by atoms with E-state index in [9.17, 15) is 4.79 Å². The molecule has 0 saturated carbocycles. The normalized spacial score (nSPS) is 11.8. The number of nitriles is 1. The Morgan fingerprint density at radius 2 is 2.38 bits per heavy atom.